The van der Waals surface area contributed by atoms with Crippen LogP contribution in [0, 0.1) is 6.92 Å². The number of halogens is 1. The van der Waals surface area contributed by atoms with Crippen molar-refractivity contribution < 1.29 is 4.79 Å². The number of fused-ring (bicyclic) bond motifs is 1. The van der Waals surface area contributed by atoms with Crippen LogP contribution in [0.25, 0.3) is 11.0 Å². The van der Waals surface area contributed by atoms with Crippen LogP contribution in [0.2, 0.25) is 0 Å². The van der Waals surface area contributed by atoms with Crippen LogP contribution < -0.4 is 5.32 Å². The van der Waals surface area contributed by atoms with Crippen molar-refractivity contribution in [2.45, 2.75) is 52.1 Å². The normalized spacial score (nSPS) is 12.9. The topological polar surface area (TPSA) is 46.9 Å². The molecule has 0 spiro atoms. The molecular weight excluding hydrogens is 286 g/mol. The Morgan fingerprint density at radius 2 is 2.10 bits per heavy atom. The lowest BCUT2D eigenvalue weighted by Crippen LogP contribution is -2.30. The molecule has 5 heteroatoms. The van der Waals surface area contributed by atoms with Gasteiger partial charge < -0.3 is 9.88 Å². The lowest BCUT2D eigenvalue weighted by Gasteiger charge is -2.12. The van der Waals surface area contributed by atoms with Gasteiger partial charge in [-0.25, -0.2) is 4.98 Å². The number of benzene rings is 1. The number of nitrogens with zero attached hydrogens (tertiary/aromatic N) is 2. The molecule has 0 bridgehead atoms. The molecule has 1 atom stereocenters. The van der Waals surface area contributed by atoms with Crippen molar-refractivity contribution in [1.82, 2.24) is 14.9 Å². The second kappa shape index (κ2) is 6.48. The van der Waals surface area contributed by atoms with Crippen LogP contribution >= 0.6 is 11.6 Å². The third kappa shape index (κ3) is 3.76. The van der Waals surface area contributed by atoms with Gasteiger partial charge in [0.05, 0.1) is 16.4 Å². The van der Waals surface area contributed by atoms with Crippen LogP contribution in [-0.2, 0) is 11.3 Å². The molecule has 0 saturated heterocycles. The number of hydrogen-bond donors (Lipinski definition) is 1. The van der Waals surface area contributed by atoms with Gasteiger partial charge in [-0.1, -0.05) is 6.07 Å². The smallest absolute Gasteiger partial charge is 0.221 e. The zero-order valence-electron chi connectivity index (χ0n) is 13.0. The van der Waals surface area contributed by atoms with E-state index in [0.29, 0.717) is 13.0 Å². The van der Waals surface area contributed by atoms with Crippen molar-refractivity contribution in [2.75, 3.05) is 0 Å². The minimum Gasteiger partial charge on any atom is -0.354 e. The summed E-state index contributed by atoms with van der Waals surface area (Å²) in [6.45, 7) is 8.45. The Morgan fingerprint density at radius 1 is 1.38 bits per heavy atom. The Kier molecular flexibility index (Phi) is 4.88. The van der Waals surface area contributed by atoms with Gasteiger partial charge in [-0.15, -0.1) is 11.6 Å². The SMILES string of the molecule is Cc1ccc2c(c1)nc(C(C)Cl)n2CCC(=O)NC(C)C. The van der Waals surface area contributed by atoms with E-state index in [4.69, 9.17) is 11.6 Å². The van der Waals surface area contributed by atoms with E-state index < -0.39 is 0 Å². The van der Waals surface area contributed by atoms with Gasteiger partial charge >= 0.3 is 0 Å². The van der Waals surface area contributed by atoms with Crippen LogP contribution in [-0.4, -0.2) is 21.5 Å². The zero-order chi connectivity index (χ0) is 15.6. The number of rotatable bonds is 5. The van der Waals surface area contributed by atoms with E-state index in [1.807, 2.05) is 44.4 Å². The molecule has 0 aliphatic heterocycles. The molecule has 1 heterocycles. The number of carbonyl (C=O) groups excluding carboxylic acids is 1. The largest absolute Gasteiger partial charge is 0.354 e. The van der Waals surface area contributed by atoms with Gasteiger partial charge in [0.25, 0.3) is 0 Å². The summed E-state index contributed by atoms with van der Waals surface area (Å²) in [6, 6.07) is 6.30. The lowest BCUT2D eigenvalue weighted by molar-refractivity contribution is -0.121. The Bertz CT molecular complexity index is 646. The molecule has 0 radical (unpaired) electrons. The third-order valence-corrected chi connectivity index (χ3v) is 3.50. The van der Waals surface area contributed by atoms with E-state index in [1.165, 1.54) is 5.56 Å². The lowest BCUT2D eigenvalue weighted by atomic mass is 10.2. The van der Waals surface area contributed by atoms with E-state index in [-0.39, 0.29) is 17.3 Å². The van der Waals surface area contributed by atoms with Crippen molar-refractivity contribution in [2.24, 2.45) is 0 Å². The van der Waals surface area contributed by atoms with Crippen LogP contribution in [0.3, 0.4) is 0 Å². The maximum Gasteiger partial charge on any atom is 0.221 e. The van der Waals surface area contributed by atoms with Crippen molar-refractivity contribution in [3.8, 4) is 0 Å². The van der Waals surface area contributed by atoms with E-state index in [0.717, 1.165) is 16.9 Å². The van der Waals surface area contributed by atoms with Gasteiger partial charge in [0.2, 0.25) is 5.91 Å². The Morgan fingerprint density at radius 3 is 2.71 bits per heavy atom. The van der Waals surface area contributed by atoms with Crippen molar-refractivity contribution in [3.05, 3.63) is 29.6 Å². The number of nitrogens with one attached hydrogen (secondary N) is 1. The average Bonchev–Trinajstić information content (AvgIpc) is 2.73. The number of alkyl halides is 1. The van der Waals surface area contributed by atoms with Crippen molar-refractivity contribution in [1.29, 1.82) is 0 Å². The molecular formula is C16H22ClN3O. The predicted molar refractivity (Wildman–Crippen MR) is 86.6 cm³/mol. The maximum absolute atomic E-state index is 11.8. The quantitative estimate of drug-likeness (QED) is 0.859. The summed E-state index contributed by atoms with van der Waals surface area (Å²) in [5.41, 5.74) is 3.13. The van der Waals surface area contributed by atoms with Gasteiger partial charge in [-0.2, -0.15) is 0 Å². The monoisotopic (exact) mass is 307 g/mol. The molecule has 1 N–H and O–H groups in total. The highest BCUT2D eigenvalue weighted by Crippen LogP contribution is 2.25. The summed E-state index contributed by atoms with van der Waals surface area (Å²) in [7, 11) is 0. The first-order valence-corrected chi connectivity index (χ1v) is 7.72. The van der Waals surface area contributed by atoms with Crippen molar-refractivity contribution >= 4 is 28.5 Å². The molecule has 1 aromatic carbocycles. The van der Waals surface area contributed by atoms with Gasteiger partial charge in [-0.05, 0) is 45.4 Å². The van der Waals surface area contributed by atoms with E-state index in [1.54, 1.807) is 0 Å². The van der Waals surface area contributed by atoms with E-state index >= 15 is 0 Å². The van der Waals surface area contributed by atoms with E-state index in [9.17, 15) is 4.79 Å². The second-order valence-electron chi connectivity index (χ2n) is 5.70. The first kappa shape index (κ1) is 15.8. The van der Waals surface area contributed by atoms with Crippen molar-refractivity contribution in [3.63, 3.8) is 0 Å². The van der Waals surface area contributed by atoms with Gasteiger partial charge in [0.1, 0.15) is 5.82 Å². The molecule has 1 amide bonds. The summed E-state index contributed by atoms with van der Waals surface area (Å²) in [6.07, 6.45) is 0.425. The van der Waals surface area contributed by atoms with Gasteiger partial charge in [-0.3, -0.25) is 4.79 Å². The number of carbonyl (C=O) groups is 1. The molecule has 0 aliphatic rings. The minimum absolute atomic E-state index is 0.0483. The minimum atomic E-state index is -0.189. The number of aryl methyl sites for hydroxylation is 2. The molecule has 1 aromatic heterocycles. The van der Waals surface area contributed by atoms with Gasteiger partial charge in [0.15, 0.2) is 0 Å². The first-order chi connectivity index (χ1) is 9.88. The van der Waals surface area contributed by atoms with Gasteiger partial charge in [0, 0.05) is 19.0 Å². The Balaban J connectivity index is 2.28. The Hall–Kier alpha value is -1.55. The zero-order valence-corrected chi connectivity index (χ0v) is 13.7. The number of imidazole rings is 1. The molecule has 2 rings (SSSR count). The molecule has 0 fully saturated rings. The number of aromatic nitrogens is 2. The molecule has 1 unspecified atom stereocenters. The fraction of sp³-hybridized carbons (Fsp3) is 0.500. The summed E-state index contributed by atoms with van der Waals surface area (Å²) in [4.78, 5) is 16.5. The highest BCUT2D eigenvalue weighted by Gasteiger charge is 2.16. The highest BCUT2D eigenvalue weighted by atomic mass is 35.5. The summed E-state index contributed by atoms with van der Waals surface area (Å²) in [5.74, 6) is 0.863. The molecule has 0 saturated carbocycles. The summed E-state index contributed by atoms with van der Waals surface area (Å²) >= 11 is 6.24. The molecule has 21 heavy (non-hydrogen) atoms. The fourth-order valence-corrected chi connectivity index (χ4v) is 2.57. The predicted octanol–water partition coefficient (Wildman–Crippen LogP) is 3.56. The summed E-state index contributed by atoms with van der Waals surface area (Å²) < 4.78 is 2.05. The second-order valence-corrected chi connectivity index (χ2v) is 6.36. The Labute approximate surface area is 130 Å². The van der Waals surface area contributed by atoms with Crippen LogP contribution in [0.4, 0.5) is 0 Å². The molecule has 2 aromatic rings. The average molecular weight is 308 g/mol. The van der Waals surface area contributed by atoms with Crippen LogP contribution in [0.5, 0.6) is 0 Å². The third-order valence-electron chi connectivity index (χ3n) is 3.30. The standard InChI is InChI=1S/C16H22ClN3O/c1-10(2)18-15(21)7-8-20-14-6-5-11(3)9-13(14)19-16(20)12(4)17/h5-6,9-10,12H,7-8H2,1-4H3,(H,18,21). The van der Waals surface area contributed by atoms with E-state index in [2.05, 4.69) is 16.4 Å². The molecule has 4 nitrogen and oxygen atoms in total. The van der Waals surface area contributed by atoms with Crippen LogP contribution in [0.1, 0.15) is 44.0 Å². The summed E-state index contributed by atoms with van der Waals surface area (Å²) in [5, 5.41) is 2.72. The molecule has 0 aliphatic carbocycles. The first-order valence-electron chi connectivity index (χ1n) is 7.28. The number of amides is 1. The fourth-order valence-electron chi connectivity index (χ4n) is 2.40. The molecule has 114 valence electrons. The highest BCUT2D eigenvalue weighted by molar-refractivity contribution is 6.20. The maximum atomic E-state index is 11.8. The van der Waals surface area contributed by atoms with Crippen LogP contribution in [0.15, 0.2) is 18.2 Å². The number of hydrogen-bond acceptors (Lipinski definition) is 2.